The van der Waals surface area contributed by atoms with Crippen LogP contribution in [0.3, 0.4) is 0 Å². The van der Waals surface area contributed by atoms with Gasteiger partial charge in [0.15, 0.2) is 0 Å². The van der Waals surface area contributed by atoms with E-state index in [1.807, 2.05) is 6.92 Å². The lowest BCUT2D eigenvalue weighted by Crippen LogP contribution is -2.40. The van der Waals surface area contributed by atoms with E-state index in [2.05, 4.69) is 0 Å². The zero-order valence-electron chi connectivity index (χ0n) is 16.5. The fourth-order valence-electron chi connectivity index (χ4n) is 2.55. The van der Waals surface area contributed by atoms with E-state index in [1.54, 1.807) is 54.7 Å². The molecule has 2 aromatic rings. The SMILES string of the molecule is CCN(Cc1ccc(C(=O)N(C)C)cc1)C(=O)CN(C)S(=O)(=O)c1cccs1. The van der Waals surface area contributed by atoms with Crippen LogP contribution in [0.4, 0.5) is 0 Å². The molecule has 0 fully saturated rings. The third-order valence-electron chi connectivity index (χ3n) is 4.23. The first-order valence-corrected chi connectivity index (χ1v) is 11.1. The van der Waals surface area contributed by atoms with Crippen LogP contribution in [0.25, 0.3) is 0 Å². The fourth-order valence-corrected chi connectivity index (χ4v) is 4.87. The van der Waals surface area contributed by atoms with Gasteiger partial charge in [0.05, 0.1) is 6.54 Å². The van der Waals surface area contributed by atoms with E-state index in [-0.39, 0.29) is 22.6 Å². The molecule has 0 atom stereocenters. The average molecular weight is 424 g/mol. The minimum Gasteiger partial charge on any atom is -0.345 e. The Balaban J connectivity index is 2.04. The third kappa shape index (κ3) is 5.18. The van der Waals surface area contributed by atoms with Crippen LogP contribution in [0.2, 0.25) is 0 Å². The smallest absolute Gasteiger partial charge is 0.253 e. The van der Waals surface area contributed by atoms with Gasteiger partial charge in [-0.25, -0.2) is 8.42 Å². The van der Waals surface area contributed by atoms with Crippen LogP contribution < -0.4 is 0 Å². The van der Waals surface area contributed by atoms with E-state index in [1.165, 1.54) is 18.0 Å². The number of thiophene rings is 1. The summed E-state index contributed by atoms with van der Waals surface area (Å²) in [7, 11) is 1.12. The number of amides is 2. The van der Waals surface area contributed by atoms with Crippen molar-refractivity contribution >= 4 is 33.2 Å². The number of benzene rings is 1. The molecule has 28 heavy (non-hydrogen) atoms. The van der Waals surface area contributed by atoms with Gasteiger partial charge in [-0.3, -0.25) is 9.59 Å². The molecule has 0 saturated heterocycles. The molecular weight excluding hydrogens is 398 g/mol. The van der Waals surface area contributed by atoms with Crippen molar-refractivity contribution < 1.29 is 18.0 Å². The molecule has 7 nitrogen and oxygen atoms in total. The van der Waals surface area contributed by atoms with E-state index >= 15 is 0 Å². The highest BCUT2D eigenvalue weighted by molar-refractivity contribution is 7.91. The number of sulfonamides is 1. The van der Waals surface area contributed by atoms with Gasteiger partial charge in [-0.2, -0.15) is 4.31 Å². The van der Waals surface area contributed by atoms with Gasteiger partial charge in [-0.1, -0.05) is 18.2 Å². The summed E-state index contributed by atoms with van der Waals surface area (Å²) < 4.78 is 26.3. The lowest BCUT2D eigenvalue weighted by Gasteiger charge is -2.24. The number of nitrogens with zero attached hydrogens (tertiary/aromatic N) is 3. The van der Waals surface area contributed by atoms with Crippen LogP contribution in [-0.2, 0) is 21.4 Å². The highest BCUT2D eigenvalue weighted by atomic mass is 32.2. The largest absolute Gasteiger partial charge is 0.345 e. The summed E-state index contributed by atoms with van der Waals surface area (Å²) in [5.74, 6) is -0.367. The molecule has 0 bridgehead atoms. The van der Waals surface area contributed by atoms with E-state index in [0.29, 0.717) is 18.7 Å². The Morgan fingerprint density at radius 3 is 2.18 bits per heavy atom. The minimum atomic E-state index is -3.67. The Bertz CT molecular complexity index is 907. The standard InChI is InChI=1S/C19H25N3O4S2/c1-5-22(13-15-8-10-16(11-9-15)19(24)20(2)3)17(23)14-21(4)28(25,26)18-7-6-12-27-18/h6-12H,5,13-14H2,1-4H3. The molecule has 1 aromatic heterocycles. The molecule has 0 aliphatic carbocycles. The molecule has 0 unspecified atom stereocenters. The molecule has 0 aliphatic rings. The highest BCUT2D eigenvalue weighted by Crippen LogP contribution is 2.20. The fraction of sp³-hybridized carbons (Fsp3) is 0.368. The lowest BCUT2D eigenvalue weighted by atomic mass is 10.1. The topological polar surface area (TPSA) is 78.0 Å². The van der Waals surface area contributed by atoms with Crippen molar-refractivity contribution in [1.82, 2.24) is 14.1 Å². The zero-order chi connectivity index (χ0) is 20.9. The molecule has 0 radical (unpaired) electrons. The van der Waals surface area contributed by atoms with Crippen LogP contribution in [0.5, 0.6) is 0 Å². The number of likely N-dealkylation sites (N-methyl/N-ethyl adjacent to an activating group) is 2. The number of carbonyl (C=O) groups is 2. The van der Waals surface area contributed by atoms with Gasteiger partial charge >= 0.3 is 0 Å². The highest BCUT2D eigenvalue weighted by Gasteiger charge is 2.25. The van der Waals surface area contributed by atoms with Crippen molar-refractivity contribution in [2.24, 2.45) is 0 Å². The van der Waals surface area contributed by atoms with Crippen molar-refractivity contribution in [2.75, 3.05) is 34.2 Å². The Hall–Kier alpha value is -2.23. The van der Waals surface area contributed by atoms with E-state index in [0.717, 1.165) is 21.2 Å². The second-order valence-electron chi connectivity index (χ2n) is 6.50. The minimum absolute atomic E-state index is 0.0876. The molecule has 0 spiro atoms. The predicted molar refractivity (Wildman–Crippen MR) is 110 cm³/mol. The number of hydrogen-bond acceptors (Lipinski definition) is 5. The van der Waals surface area contributed by atoms with Gasteiger partial charge in [0, 0.05) is 39.8 Å². The van der Waals surface area contributed by atoms with Gasteiger partial charge in [-0.05, 0) is 36.1 Å². The van der Waals surface area contributed by atoms with Crippen LogP contribution in [0.15, 0.2) is 46.0 Å². The van der Waals surface area contributed by atoms with Crippen molar-refractivity contribution in [3.63, 3.8) is 0 Å². The normalized spacial score (nSPS) is 11.5. The average Bonchev–Trinajstić information content (AvgIpc) is 3.21. The van der Waals surface area contributed by atoms with E-state index < -0.39 is 10.0 Å². The van der Waals surface area contributed by atoms with Crippen molar-refractivity contribution in [1.29, 1.82) is 0 Å². The summed E-state index contributed by atoms with van der Waals surface area (Å²) in [6.07, 6.45) is 0. The number of carbonyl (C=O) groups excluding carboxylic acids is 2. The summed E-state index contributed by atoms with van der Waals surface area (Å²) in [6, 6.07) is 10.2. The maximum atomic E-state index is 12.6. The molecule has 9 heteroatoms. The monoisotopic (exact) mass is 423 g/mol. The quantitative estimate of drug-likeness (QED) is 0.652. The van der Waals surface area contributed by atoms with Gasteiger partial charge < -0.3 is 9.80 Å². The molecular formula is C19H25N3O4S2. The molecule has 2 amide bonds. The van der Waals surface area contributed by atoms with Crippen molar-refractivity contribution in [3.05, 3.63) is 52.9 Å². The molecule has 0 aliphatic heterocycles. The number of hydrogen-bond donors (Lipinski definition) is 0. The molecule has 1 heterocycles. The maximum Gasteiger partial charge on any atom is 0.253 e. The number of rotatable bonds is 8. The molecule has 0 saturated carbocycles. The Labute approximate surface area is 170 Å². The van der Waals surface area contributed by atoms with Crippen LogP contribution in [0, 0.1) is 0 Å². The molecule has 152 valence electrons. The first kappa shape index (κ1) is 22.1. The zero-order valence-corrected chi connectivity index (χ0v) is 18.1. The summed E-state index contributed by atoms with van der Waals surface area (Å²) in [5.41, 5.74) is 1.44. The lowest BCUT2D eigenvalue weighted by molar-refractivity contribution is -0.131. The van der Waals surface area contributed by atoms with E-state index in [9.17, 15) is 18.0 Å². The Morgan fingerprint density at radius 2 is 1.68 bits per heavy atom. The van der Waals surface area contributed by atoms with Gasteiger partial charge in [-0.15, -0.1) is 11.3 Å². The van der Waals surface area contributed by atoms with Crippen molar-refractivity contribution in [3.8, 4) is 0 Å². The second-order valence-corrected chi connectivity index (χ2v) is 9.72. The summed E-state index contributed by atoms with van der Waals surface area (Å²) >= 11 is 1.12. The molecule has 0 N–H and O–H groups in total. The maximum absolute atomic E-state index is 12.6. The Morgan fingerprint density at radius 1 is 1.04 bits per heavy atom. The first-order valence-electron chi connectivity index (χ1n) is 8.75. The summed E-state index contributed by atoms with van der Waals surface area (Å²) in [4.78, 5) is 27.7. The predicted octanol–water partition coefficient (Wildman–Crippen LogP) is 2.12. The first-order chi connectivity index (χ1) is 13.2. The molecule has 2 rings (SSSR count). The molecule has 1 aromatic carbocycles. The van der Waals surface area contributed by atoms with Crippen LogP contribution in [-0.4, -0.2) is 68.6 Å². The Kier molecular flexibility index (Phi) is 7.34. The summed E-state index contributed by atoms with van der Waals surface area (Å²) in [6.45, 7) is 2.41. The van der Waals surface area contributed by atoms with Crippen molar-refractivity contribution in [2.45, 2.75) is 17.7 Å². The van der Waals surface area contributed by atoms with Gasteiger partial charge in [0.2, 0.25) is 5.91 Å². The summed E-state index contributed by atoms with van der Waals surface area (Å²) in [5, 5.41) is 1.69. The van der Waals surface area contributed by atoms with Gasteiger partial charge in [0.1, 0.15) is 4.21 Å². The van der Waals surface area contributed by atoms with E-state index in [4.69, 9.17) is 0 Å². The second kappa shape index (κ2) is 9.31. The van der Waals surface area contributed by atoms with Gasteiger partial charge in [0.25, 0.3) is 15.9 Å². The van der Waals surface area contributed by atoms with Crippen LogP contribution >= 0.6 is 11.3 Å². The van der Waals surface area contributed by atoms with Crippen LogP contribution in [0.1, 0.15) is 22.8 Å². The third-order valence-corrected chi connectivity index (χ3v) is 7.41.